The number of aromatic nitrogens is 2. The molecule has 7 heteroatoms. The molecular weight excluding hydrogens is 342 g/mol. The fraction of sp³-hybridized carbons (Fsp3) is 0.250. The van der Waals surface area contributed by atoms with Crippen LogP contribution >= 0.6 is 0 Å². The third-order valence-electron chi connectivity index (χ3n) is 4.98. The van der Waals surface area contributed by atoms with Crippen molar-refractivity contribution in [3.8, 4) is 0 Å². The van der Waals surface area contributed by atoms with E-state index in [1.54, 1.807) is 9.80 Å². The van der Waals surface area contributed by atoms with Crippen LogP contribution in [0.1, 0.15) is 22.1 Å². The fourth-order valence-electron chi connectivity index (χ4n) is 3.41. The highest BCUT2D eigenvalue weighted by Crippen LogP contribution is 2.19. The van der Waals surface area contributed by atoms with Gasteiger partial charge in [0.25, 0.3) is 5.91 Å². The van der Waals surface area contributed by atoms with Crippen molar-refractivity contribution >= 4 is 22.7 Å². The highest BCUT2D eigenvalue weighted by molar-refractivity contribution is 6.04. The zero-order valence-electron chi connectivity index (χ0n) is 14.8. The molecule has 3 aromatic rings. The number of carbonyl (C=O) groups is 2. The highest BCUT2D eigenvalue weighted by Gasteiger charge is 2.29. The van der Waals surface area contributed by atoms with Crippen LogP contribution in [-0.2, 0) is 4.79 Å². The van der Waals surface area contributed by atoms with Gasteiger partial charge >= 0.3 is 0 Å². The van der Waals surface area contributed by atoms with E-state index < -0.39 is 6.04 Å². The molecule has 1 aromatic heterocycles. The van der Waals surface area contributed by atoms with Crippen molar-refractivity contribution in [1.82, 2.24) is 20.0 Å². The van der Waals surface area contributed by atoms with Crippen LogP contribution in [0.15, 0.2) is 54.6 Å². The Morgan fingerprint density at radius 2 is 1.56 bits per heavy atom. The first-order valence-electron chi connectivity index (χ1n) is 8.97. The summed E-state index contributed by atoms with van der Waals surface area (Å²) in [5.74, 6) is -0.231. The van der Waals surface area contributed by atoms with Crippen molar-refractivity contribution in [1.29, 1.82) is 0 Å². The molecule has 2 amide bonds. The van der Waals surface area contributed by atoms with Gasteiger partial charge in [-0.1, -0.05) is 48.5 Å². The van der Waals surface area contributed by atoms with Crippen LogP contribution in [0.2, 0.25) is 0 Å². The summed E-state index contributed by atoms with van der Waals surface area (Å²) in [6.45, 7) is 1.86. The largest absolute Gasteiger partial charge is 0.337 e. The summed E-state index contributed by atoms with van der Waals surface area (Å²) in [4.78, 5) is 28.9. The lowest BCUT2D eigenvalue weighted by Gasteiger charge is -2.35. The van der Waals surface area contributed by atoms with Gasteiger partial charge < -0.3 is 15.5 Å². The number of piperazine rings is 1. The predicted molar refractivity (Wildman–Crippen MR) is 102 cm³/mol. The molecule has 1 aliphatic rings. The van der Waals surface area contributed by atoms with Gasteiger partial charge in [0.05, 0.1) is 5.52 Å². The van der Waals surface area contributed by atoms with Gasteiger partial charge in [0, 0.05) is 31.6 Å². The molecule has 138 valence electrons. The lowest BCUT2D eigenvalue weighted by molar-refractivity contribution is -0.134. The van der Waals surface area contributed by atoms with E-state index in [0.29, 0.717) is 31.9 Å². The normalized spacial score (nSPS) is 15.7. The number of H-pyrrole nitrogens is 1. The molecule has 1 unspecified atom stereocenters. The molecule has 0 spiro atoms. The SMILES string of the molecule is NC(C(=O)N1CCN(C(=O)c2n[nH]c3ccccc23)CC1)c1ccccc1. The quantitative estimate of drug-likeness (QED) is 0.738. The average molecular weight is 363 g/mol. The predicted octanol–water partition coefficient (Wildman–Crippen LogP) is 1.55. The Bertz CT molecular complexity index is 961. The van der Waals surface area contributed by atoms with Gasteiger partial charge in [-0.3, -0.25) is 14.7 Å². The third-order valence-corrected chi connectivity index (χ3v) is 4.98. The number of aromatic amines is 1. The maximum Gasteiger partial charge on any atom is 0.275 e. The number of rotatable bonds is 3. The smallest absolute Gasteiger partial charge is 0.275 e. The van der Waals surface area contributed by atoms with Gasteiger partial charge in [0.1, 0.15) is 6.04 Å². The number of para-hydroxylation sites is 1. The van der Waals surface area contributed by atoms with Crippen LogP contribution < -0.4 is 5.73 Å². The number of fused-ring (bicyclic) bond motifs is 1. The van der Waals surface area contributed by atoms with Crippen LogP contribution in [-0.4, -0.2) is 58.0 Å². The van der Waals surface area contributed by atoms with Crippen molar-refractivity contribution in [2.24, 2.45) is 5.73 Å². The van der Waals surface area contributed by atoms with E-state index in [0.717, 1.165) is 16.5 Å². The summed E-state index contributed by atoms with van der Waals surface area (Å²) in [6, 6.07) is 16.2. The standard InChI is InChI=1S/C20H21N5O2/c21-17(14-6-2-1-3-7-14)19(26)24-10-12-25(13-11-24)20(27)18-15-8-4-5-9-16(15)22-23-18/h1-9,17H,10-13,21H2,(H,22,23). The summed E-state index contributed by atoms with van der Waals surface area (Å²) < 4.78 is 0. The van der Waals surface area contributed by atoms with Gasteiger partial charge in [-0.25, -0.2) is 0 Å². The molecule has 27 heavy (non-hydrogen) atoms. The van der Waals surface area contributed by atoms with Crippen LogP contribution in [0.25, 0.3) is 10.9 Å². The monoisotopic (exact) mass is 363 g/mol. The number of hydrogen-bond donors (Lipinski definition) is 2. The van der Waals surface area contributed by atoms with E-state index >= 15 is 0 Å². The Morgan fingerprint density at radius 3 is 2.30 bits per heavy atom. The lowest BCUT2D eigenvalue weighted by atomic mass is 10.1. The van der Waals surface area contributed by atoms with Gasteiger partial charge in [-0.15, -0.1) is 0 Å². The zero-order valence-corrected chi connectivity index (χ0v) is 14.8. The molecule has 1 fully saturated rings. The maximum absolute atomic E-state index is 12.8. The second-order valence-corrected chi connectivity index (χ2v) is 6.62. The Balaban J connectivity index is 1.41. The van der Waals surface area contributed by atoms with Crippen LogP contribution in [0, 0.1) is 0 Å². The topological polar surface area (TPSA) is 95.3 Å². The first-order chi connectivity index (χ1) is 13.1. The highest BCUT2D eigenvalue weighted by atomic mass is 16.2. The molecule has 0 radical (unpaired) electrons. The van der Waals surface area contributed by atoms with Gasteiger partial charge in [0.2, 0.25) is 5.91 Å². The number of amides is 2. The maximum atomic E-state index is 12.8. The van der Waals surface area contributed by atoms with Crippen LogP contribution in [0.5, 0.6) is 0 Å². The molecule has 3 N–H and O–H groups in total. The molecule has 0 saturated carbocycles. The van der Waals surface area contributed by atoms with Gasteiger partial charge in [-0.2, -0.15) is 5.10 Å². The van der Waals surface area contributed by atoms with Crippen molar-refractivity contribution in [2.75, 3.05) is 26.2 Å². The number of carbonyl (C=O) groups excluding carboxylic acids is 2. The number of nitrogens with one attached hydrogen (secondary N) is 1. The van der Waals surface area contributed by atoms with Crippen molar-refractivity contribution in [2.45, 2.75) is 6.04 Å². The molecule has 2 aromatic carbocycles. The summed E-state index contributed by atoms with van der Waals surface area (Å²) in [5.41, 5.74) is 8.17. The number of hydrogen-bond acceptors (Lipinski definition) is 4. The van der Waals surface area contributed by atoms with E-state index in [1.807, 2.05) is 54.6 Å². The van der Waals surface area contributed by atoms with Crippen LogP contribution in [0.4, 0.5) is 0 Å². The average Bonchev–Trinajstić information content (AvgIpc) is 3.17. The molecular formula is C20H21N5O2. The second kappa shape index (κ2) is 7.20. The van der Waals surface area contributed by atoms with E-state index in [4.69, 9.17) is 5.73 Å². The minimum Gasteiger partial charge on any atom is -0.337 e. The fourth-order valence-corrected chi connectivity index (χ4v) is 3.41. The summed E-state index contributed by atoms with van der Waals surface area (Å²) >= 11 is 0. The molecule has 2 heterocycles. The Labute approximate surface area is 156 Å². The summed E-state index contributed by atoms with van der Waals surface area (Å²) in [5, 5.41) is 7.88. The molecule has 7 nitrogen and oxygen atoms in total. The van der Waals surface area contributed by atoms with Gasteiger partial charge in [0.15, 0.2) is 5.69 Å². The van der Waals surface area contributed by atoms with Crippen molar-refractivity contribution in [3.63, 3.8) is 0 Å². The van der Waals surface area contributed by atoms with E-state index in [-0.39, 0.29) is 11.8 Å². The third kappa shape index (κ3) is 3.29. The van der Waals surface area contributed by atoms with Crippen molar-refractivity contribution < 1.29 is 9.59 Å². The Morgan fingerprint density at radius 1 is 0.926 bits per heavy atom. The zero-order chi connectivity index (χ0) is 18.8. The van der Waals surface area contributed by atoms with Gasteiger partial charge in [-0.05, 0) is 11.6 Å². The first kappa shape index (κ1) is 17.2. The summed E-state index contributed by atoms with van der Waals surface area (Å²) in [7, 11) is 0. The minimum absolute atomic E-state index is 0.112. The van der Waals surface area contributed by atoms with E-state index in [2.05, 4.69) is 10.2 Å². The molecule has 0 bridgehead atoms. The number of nitrogens with two attached hydrogens (primary N) is 1. The number of benzene rings is 2. The number of nitrogens with zero attached hydrogens (tertiary/aromatic N) is 3. The van der Waals surface area contributed by atoms with Crippen molar-refractivity contribution in [3.05, 3.63) is 65.9 Å². The molecule has 1 aliphatic heterocycles. The minimum atomic E-state index is -0.677. The molecule has 0 aliphatic carbocycles. The Hall–Kier alpha value is -3.19. The molecule has 4 rings (SSSR count). The Kier molecular flexibility index (Phi) is 4.60. The summed E-state index contributed by atoms with van der Waals surface area (Å²) in [6.07, 6.45) is 0. The van der Waals surface area contributed by atoms with E-state index in [1.165, 1.54) is 0 Å². The van der Waals surface area contributed by atoms with E-state index in [9.17, 15) is 9.59 Å². The molecule has 1 saturated heterocycles. The first-order valence-corrected chi connectivity index (χ1v) is 8.97. The lowest BCUT2D eigenvalue weighted by Crippen LogP contribution is -2.52. The molecule has 1 atom stereocenters. The second-order valence-electron chi connectivity index (χ2n) is 6.62. The van der Waals surface area contributed by atoms with Crippen LogP contribution in [0.3, 0.4) is 0 Å².